The molecule has 2 saturated carbocycles. The zero-order valence-corrected chi connectivity index (χ0v) is 23.9. The van der Waals surface area contributed by atoms with Crippen LogP contribution >= 0.6 is 0 Å². The van der Waals surface area contributed by atoms with E-state index in [9.17, 15) is 44.7 Å². The van der Waals surface area contributed by atoms with Crippen molar-refractivity contribution < 1.29 is 44.7 Å². The zero-order valence-electron chi connectivity index (χ0n) is 23.9. The second kappa shape index (κ2) is 12.5. The number of carbonyl (C=O) groups excluding carboxylic acids is 2. The molecule has 45 heavy (non-hydrogen) atoms. The Morgan fingerprint density at radius 3 is 2.24 bits per heavy atom. The molecule has 0 spiro atoms. The first kappa shape index (κ1) is 32.6. The van der Waals surface area contributed by atoms with Crippen LogP contribution in [0.25, 0.3) is 5.65 Å². The van der Waals surface area contributed by atoms with Gasteiger partial charge in [-0.15, -0.1) is 0 Å². The van der Waals surface area contributed by atoms with Crippen LogP contribution < -0.4 is 10.6 Å². The highest BCUT2D eigenvalue weighted by atomic mass is 19.4. The second-order valence-corrected chi connectivity index (χ2v) is 11.8. The molecule has 2 N–H and O–H groups in total. The number of carbonyl (C=O) groups is 2. The molecule has 1 unspecified atom stereocenters. The number of nitrogens with zero attached hydrogens (tertiary/aromatic N) is 3. The van der Waals surface area contributed by atoms with Gasteiger partial charge in [-0.1, -0.05) is 18.2 Å². The number of fused-ring (bicyclic) bond motifs is 1. The summed E-state index contributed by atoms with van der Waals surface area (Å²) in [5.74, 6) is -4.93. The third-order valence-corrected chi connectivity index (χ3v) is 8.26. The summed E-state index contributed by atoms with van der Waals surface area (Å²) in [6.07, 6.45) is -8.68. The molecule has 2 fully saturated rings. The van der Waals surface area contributed by atoms with E-state index in [0.717, 1.165) is 12.8 Å². The van der Waals surface area contributed by atoms with Gasteiger partial charge in [-0.2, -0.15) is 31.4 Å². The van der Waals surface area contributed by atoms with Crippen molar-refractivity contribution in [1.82, 2.24) is 25.2 Å². The molecule has 0 radical (unpaired) electrons. The Balaban J connectivity index is 1.42. The van der Waals surface area contributed by atoms with Crippen molar-refractivity contribution >= 4 is 17.5 Å². The molecule has 244 valence electrons. The van der Waals surface area contributed by atoms with Crippen LogP contribution in [0.15, 0.2) is 42.7 Å². The van der Waals surface area contributed by atoms with Crippen molar-refractivity contribution in [1.29, 1.82) is 0 Å². The van der Waals surface area contributed by atoms with Gasteiger partial charge in [0, 0.05) is 24.8 Å². The smallest absolute Gasteiger partial charge is 0.349 e. The van der Waals surface area contributed by atoms with Gasteiger partial charge in [0.15, 0.2) is 5.65 Å². The first-order valence-corrected chi connectivity index (χ1v) is 14.6. The van der Waals surface area contributed by atoms with E-state index in [4.69, 9.17) is 0 Å². The number of nitrogens with one attached hydrogen (secondary N) is 2. The second-order valence-electron chi connectivity index (χ2n) is 11.8. The number of amides is 2. The number of imidazole rings is 1. The van der Waals surface area contributed by atoms with Crippen LogP contribution in [-0.4, -0.2) is 44.7 Å². The Morgan fingerprint density at radius 1 is 0.933 bits per heavy atom. The maximum Gasteiger partial charge on any atom is 0.393 e. The Hall–Kier alpha value is -3.78. The molecule has 15 heteroatoms. The standard InChI is InChI=1S/C30H31F8N5O2/c31-28(32)10-7-18(8-11-28)26(42-27(45)21-4-2-1-3-19(21)14-30(36,37)38)22-16-43-23(40-22)13-20(15-39-43)25(17-5-6-17)41-24(44)9-12-29(33,34)35/h1-4,13,15-18,25-26H,5-12,14H2,(H,41,44)(H,42,45)/t25?,26-/m0/s1. The fraction of sp³-hybridized carbons (Fsp3) is 0.533. The minimum Gasteiger partial charge on any atom is -0.349 e. The summed E-state index contributed by atoms with van der Waals surface area (Å²) in [6.45, 7) is 0. The minimum absolute atomic E-state index is 0.00577. The predicted octanol–water partition coefficient (Wildman–Crippen LogP) is 7.04. The lowest BCUT2D eigenvalue weighted by Crippen LogP contribution is -2.37. The highest BCUT2D eigenvalue weighted by Gasteiger charge is 2.40. The monoisotopic (exact) mass is 645 g/mol. The largest absolute Gasteiger partial charge is 0.393 e. The van der Waals surface area contributed by atoms with Crippen LogP contribution in [0.1, 0.15) is 90.6 Å². The maximum atomic E-state index is 14.0. The molecule has 2 heterocycles. The van der Waals surface area contributed by atoms with E-state index >= 15 is 0 Å². The highest BCUT2D eigenvalue weighted by Crippen LogP contribution is 2.43. The third-order valence-electron chi connectivity index (χ3n) is 8.26. The molecule has 0 bridgehead atoms. The molecule has 0 aliphatic heterocycles. The highest BCUT2D eigenvalue weighted by molar-refractivity contribution is 5.96. The average Bonchev–Trinajstić information content (AvgIpc) is 3.70. The predicted molar refractivity (Wildman–Crippen MR) is 145 cm³/mol. The summed E-state index contributed by atoms with van der Waals surface area (Å²) in [7, 11) is 0. The van der Waals surface area contributed by atoms with E-state index in [1.54, 1.807) is 6.07 Å². The number of hydrogen-bond donors (Lipinski definition) is 2. The lowest BCUT2D eigenvalue weighted by molar-refractivity contribution is -0.144. The number of rotatable bonds is 10. The summed E-state index contributed by atoms with van der Waals surface area (Å²) in [5, 5.41) is 9.74. The van der Waals surface area contributed by atoms with Gasteiger partial charge in [-0.05, 0) is 60.8 Å². The van der Waals surface area contributed by atoms with E-state index in [1.807, 2.05) is 0 Å². The van der Waals surface area contributed by atoms with Crippen LogP contribution in [-0.2, 0) is 11.2 Å². The van der Waals surface area contributed by atoms with Gasteiger partial charge in [0.25, 0.3) is 5.91 Å². The summed E-state index contributed by atoms with van der Waals surface area (Å²) in [4.78, 5) is 30.3. The van der Waals surface area contributed by atoms with Crippen molar-refractivity contribution in [3.8, 4) is 0 Å². The van der Waals surface area contributed by atoms with Gasteiger partial charge in [0.2, 0.25) is 11.8 Å². The first-order valence-electron chi connectivity index (χ1n) is 14.6. The lowest BCUT2D eigenvalue weighted by atomic mass is 9.81. The van der Waals surface area contributed by atoms with E-state index in [-0.39, 0.29) is 41.2 Å². The van der Waals surface area contributed by atoms with Gasteiger partial charge in [-0.3, -0.25) is 9.59 Å². The first-order chi connectivity index (χ1) is 21.1. The molecule has 2 aliphatic carbocycles. The van der Waals surface area contributed by atoms with E-state index < -0.39 is 80.2 Å². The van der Waals surface area contributed by atoms with Crippen molar-refractivity contribution in [2.45, 2.75) is 88.1 Å². The fourth-order valence-corrected chi connectivity index (χ4v) is 5.79. The molecule has 0 saturated heterocycles. The summed E-state index contributed by atoms with van der Waals surface area (Å²) in [5.41, 5.74) is 0.616. The molecule has 7 nitrogen and oxygen atoms in total. The molecule has 3 aromatic rings. The van der Waals surface area contributed by atoms with Crippen LogP contribution in [0.2, 0.25) is 0 Å². The van der Waals surface area contributed by atoms with Crippen molar-refractivity contribution in [3.05, 3.63) is 65.1 Å². The van der Waals surface area contributed by atoms with E-state index in [2.05, 4.69) is 20.7 Å². The molecule has 2 aliphatic rings. The third kappa shape index (κ3) is 8.69. The van der Waals surface area contributed by atoms with E-state index in [0.29, 0.717) is 5.56 Å². The van der Waals surface area contributed by atoms with E-state index in [1.165, 1.54) is 41.2 Å². The summed E-state index contributed by atoms with van der Waals surface area (Å²) >= 11 is 0. The zero-order chi connectivity index (χ0) is 32.6. The molecule has 2 atom stereocenters. The number of aromatic nitrogens is 3. The quantitative estimate of drug-likeness (QED) is 0.232. The topological polar surface area (TPSA) is 88.4 Å². The van der Waals surface area contributed by atoms with Crippen LogP contribution in [0, 0.1) is 11.8 Å². The van der Waals surface area contributed by atoms with Gasteiger partial charge in [0.05, 0.1) is 43.0 Å². The molecular weight excluding hydrogens is 614 g/mol. The average molecular weight is 646 g/mol. The normalized spacial score (nSPS) is 18.8. The number of alkyl halides is 8. The molecule has 5 rings (SSSR count). The molecule has 2 amide bonds. The van der Waals surface area contributed by atoms with Crippen LogP contribution in [0.3, 0.4) is 0 Å². The number of halogens is 8. The SMILES string of the molecule is O=C(CCC(F)(F)F)NC(c1cnn2cc([C@@H](NC(=O)c3ccccc3CC(F)(F)F)C3CCC(F)(F)CC3)nc2c1)C1CC1. The molecule has 1 aromatic carbocycles. The number of benzene rings is 1. The van der Waals surface area contributed by atoms with Crippen molar-refractivity contribution in [2.24, 2.45) is 11.8 Å². The molecule has 2 aromatic heterocycles. The Morgan fingerprint density at radius 2 is 1.60 bits per heavy atom. The Kier molecular flexibility index (Phi) is 9.09. The summed E-state index contributed by atoms with van der Waals surface area (Å²) in [6, 6.07) is 5.37. The van der Waals surface area contributed by atoms with Gasteiger partial charge < -0.3 is 10.6 Å². The minimum atomic E-state index is -4.56. The number of hydrogen-bond acceptors (Lipinski definition) is 4. The van der Waals surface area contributed by atoms with Crippen LogP contribution in [0.4, 0.5) is 35.1 Å². The molecular formula is C30H31F8N5O2. The van der Waals surface area contributed by atoms with Gasteiger partial charge in [0.1, 0.15) is 0 Å². The van der Waals surface area contributed by atoms with Gasteiger partial charge in [-0.25, -0.2) is 18.3 Å². The van der Waals surface area contributed by atoms with Crippen LogP contribution in [0.5, 0.6) is 0 Å². The lowest BCUT2D eigenvalue weighted by Gasteiger charge is -2.33. The Bertz CT molecular complexity index is 1520. The maximum absolute atomic E-state index is 14.0. The fourth-order valence-electron chi connectivity index (χ4n) is 5.79. The summed E-state index contributed by atoms with van der Waals surface area (Å²) < 4.78 is 107. The Labute approximate surface area is 252 Å². The van der Waals surface area contributed by atoms with Gasteiger partial charge >= 0.3 is 12.4 Å². The van der Waals surface area contributed by atoms with Crippen molar-refractivity contribution in [3.63, 3.8) is 0 Å². The van der Waals surface area contributed by atoms with Crippen molar-refractivity contribution in [2.75, 3.05) is 0 Å².